The van der Waals surface area contributed by atoms with E-state index in [2.05, 4.69) is 27.7 Å². The summed E-state index contributed by atoms with van der Waals surface area (Å²) in [4.78, 5) is 2.22. The largest absolute Gasteiger partial charge is 0.392 e. The van der Waals surface area contributed by atoms with Gasteiger partial charge in [-0.25, -0.2) is 4.39 Å². The lowest BCUT2D eigenvalue weighted by Gasteiger charge is -2.24. The van der Waals surface area contributed by atoms with E-state index in [4.69, 9.17) is 0 Å². The molecule has 3 nitrogen and oxygen atoms in total. The molecule has 0 unspecified atom stereocenters. The molecule has 0 aliphatic rings. The zero-order chi connectivity index (χ0) is 18.4. The molecule has 2 aromatic carbocycles. The highest BCUT2D eigenvalue weighted by Crippen LogP contribution is 2.15. The summed E-state index contributed by atoms with van der Waals surface area (Å²) in [5, 5.41) is 9.87. The Bertz CT molecular complexity index is 814. The maximum atomic E-state index is 14.0. The molecule has 1 aromatic heterocycles. The zero-order valence-electron chi connectivity index (χ0n) is 15.1. The molecule has 3 rings (SSSR count). The number of benzene rings is 2. The highest BCUT2D eigenvalue weighted by molar-refractivity contribution is 5.20. The van der Waals surface area contributed by atoms with Crippen LogP contribution in [-0.4, -0.2) is 27.2 Å². The van der Waals surface area contributed by atoms with E-state index in [1.54, 1.807) is 13.0 Å². The minimum atomic E-state index is -0.409. The van der Waals surface area contributed by atoms with Gasteiger partial charge in [0.05, 0.1) is 12.6 Å². The first-order chi connectivity index (χ1) is 12.6. The van der Waals surface area contributed by atoms with Gasteiger partial charge in [-0.1, -0.05) is 48.5 Å². The molecule has 0 aliphatic carbocycles. The van der Waals surface area contributed by atoms with Crippen LogP contribution in [0.1, 0.15) is 23.7 Å². The summed E-state index contributed by atoms with van der Waals surface area (Å²) in [6.45, 7) is 4.34. The molecule has 0 saturated heterocycles. The van der Waals surface area contributed by atoms with E-state index >= 15 is 0 Å². The van der Waals surface area contributed by atoms with Gasteiger partial charge in [0.1, 0.15) is 5.82 Å². The first-order valence-electron chi connectivity index (χ1n) is 8.93. The minimum absolute atomic E-state index is 0.183. The summed E-state index contributed by atoms with van der Waals surface area (Å²) >= 11 is 0. The fourth-order valence-electron chi connectivity index (χ4n) is 3.19. The molecule has 0 spiro atoms. The Morgan fingerprint density at radius 3 is 2.42 bits per heavy atom. The lowest BCUT2D eigenvalue weighted by Crippen LogP contribution is -2.31. The third kappa shape index (κ3) is 5.04. The van der Waals surface area contributed by atoms with Crippen molar-refractivity contribution in [2.24, 2.45) is 0 Å². The lowest BCUT2D eigenvalue weighted by molar-refractivity contribution is 0.116. The van der Waals surface area contributed by atoms with Gasteiger partial charge in [0.15, 0.2) is 0 Å². The molecule has 0 radical (unpaired) electrons. The smallest absolute Gasteiger partial charge is 0.128 e. The molecule has 0 amide bonds. The fraction of sp³-hybridized carbons (Fsp3) is 0.273. The molecule has 4 heteroatoms. The van der Waals surface area contributed by atoms with Crippen molar-refractivity contribution in [3.05, 3.63) is 95.6 Å². The van der Waals surface area contributed by atoms with Crippen LogP contribution in [0.2, 0.25) is 0 Å². The van der Waals surface area contributed by atoms with Crippen molar-refractivity contribution in [3.63, 3.8) is 0 Å². The second kappa shape index (κ2) is 8.79. The molecule has 1 atom stereocenters. The van der Waals surface area contributed by atoms with E-state index in [1.165, 1.54) is 11.6 Å². The van der Waals surface area contributed by atoms with Crippen molar-refractivity contribution >= 4 is 0 Å². The second-order valence-electron chi connectivity index (χ2n) is 6.72. The predicted octanol–water partition coefficient (Wildman–Crippen LogP) is 4.06. The molecule has 0 bridgehead atoms. The number of aliphatic hydroxyl groups excluding tert-OH is 1. The number of hydrogen-bond acceptors (Lipinski definition) is 2. The molecular weight excluding hydrogens is 327 g/mol. The molecule has 0 fully saturated rings. The van der Waals surface area contributed by atoms with Crippen LogP contribution in [0, 0.1) is 5.82 Å². The van der Waals surface area contributed by atoms with Crippen LogP contribution in [0.15, 0.2) is 72.9 Å². The number of halogens is 1. The molecular formula is C22H25FN2O. The van der Waals surface area contributed by atoms with Crippen LogP contribution in [0.25, 0.3) is 0 Å². The van der Waals surface area contributed by atoms with Gasteiger partial charge in [0, 0.05) is 37.1 Å². The Morgan fingerprint density at radius 2 is 1.69 bits per heavy atom. The number of aromatic nitrogens is 1. The van der Waals surface area contributed by atoms with Gasteiger partial charge in [0.2, 0.25) is 0 Å². The fourth-order valence-corrected chi connectivity index (χ4v) is 3.19. The van der Waals surface area contributed by atoms with Crippen molar-refractivity contribution in [2.45, 2.75) is 32.7 Å². The van der Waals surface area contributed by atoms with Crippen molar-refractivity contribution in [2.75, 3.05) is 6.54 Å². The number of hydrogen-bond donors (Lipinski definition) is 1. The average Bonchev–Trinajstić information content (AvgIpc) is 3.04. The van der Waals surface area contributed by atoms with Crippen LogP contribution < -0.4 is 0 Å². The van der Waals surface area contributed by atoms with Gasteiger partial charge in [-0.3, -0.25) is 4.90 Å². The normalized spacial score (nSPS) is 12.5. The van der Waals surface area contributed by atoms with Gasteiger partial charge in [-0.2, -0.15) is 0 Å². The van der Waals surface area contributed by atoms with Gasteiger partial charge in [-0.05, 0) is 30.7 Å². The van der Waals surface area contributed by atoms with Gasteiger partial charge < -0.3 is 9.67 Å². The van der Waals surface area contributed by atoms with Crippen LogP contribution >= 0.6 is 0 Å². The summed E-state index contributed by atoms with van der Waals surface area (Å²) in [6, 6.07) is 21.2. The van der Waals surface area contributed by atoms with Crippen LogP contribution in [-0.2, 0) is 19.6 Å². The Kier molecular flexibility index (Phi) is 6.21. The van der Waals surface area contributed by atoms with Crippen molar-refractivity contribution in [1.82, 2.24) is 9.47 Å². The molecule has 3 aromatic rings. The molecule has 26 heavy (non-hydrogen) atoms. The molecule has 136 valence electrons. The first kappa shape index (κ1) is 18.4. The summed E-state index contributed by atoms with van der Waals surface area (Å²) in [6.07, 6.45) is 1.57. The first-order valence-corrected chi connectivity index (χ1v) is 8.93. The maximum absolute atomic E-state index is 14.0. The van der Waals surface area contributed by atoms with Crippen molar-refractivity contribution < 1.29 is 9.50 Å². The topological polar surface area (TPSA) is 28.4 Å². The van der Waals surface area contributed by atoms with Gasteiger partial charge in [0.25, 0.3) is 0 Å². The standard InChI is InChI=1S/C22H25FN2O/c1-18(26)14-24(15-19-8-3-2-4-9-19)17-21-11-7-13-25(21)16-20-10-5-6-12-22(20)23/h2-13,18,26H,14-17H2,1H3/t18-/m1/s1. The third-order valence-electron chi connectivity index (χ3n) is 4.38. The van der Waals surface area contributed by atoms with Crippen molar-refractivity contribution in [1.29, 1.82) is 0 Å². The van der Waals surface area contributed by atoms with E-state index in [1.807, 2.05) is 42.6 Å². The molecule has 0 aliphatic heterocycles. The van der Waals surface area contributed by atoms with Crippen LogP contribution in [0.3, 0.4) is 0 Å². The van der Waals surface area contributed by atoms with E-state index in [9.17, 15) is 9.50 Å². The van der Waals surface area contributed by atoms with Gasteiger partial charge in [-0.15, -0.1) is 0 Å². The number of nitrogens with zero attached hydrogens (tertiary/aromatic N) is 2. The van der Waals surface area contributed by atoms with Gasteiger partial charge >= 0.3 is 0 Å². The van der Waals surface area contributed by atoms with Crippen molar-refractivity contribution in [3.8, 4) is 0 Å². The maximum Gasteiger partial charge on any atom is 0.128 e. The van der Waals surface area contributed by atoms with E-state index in [0.717, 1.165) is 12.2 Å². The van der Waals surface area contributed by atoms with Crippen LogP contribution in [0.4, 0.5) is 4.39 Å². The zero-order valence-corrected chi connectivity index (χ0v) is 15.1. The summed E-state index contributed by atoms with van der Waals surface area (Å²) in [7, 11) is 0. The molecule has 1 heterocycles. The monoisotopic (exact) mass is 352 g/mol. The Morgan fingerprint density at radius 1 is 0.962 bits per heavy atom. The van der Waals surface area contributed by atoms with E-state index < -0.39 is 6.10 Å². The van der Waals surface area contributed by atoms with E-state index in [0.29, 0.717) is 25.2 Å². The van der Waals surface area contributed by atoms with Crippen LogP contribution in [0.5, 0.6) is 0 Å². The highest BCUT2D eigenvalue weighted by Gasteiger charge is 2.13. The quantitative estimate of drug-likeness (QED) is 0.662. The summed E-state index contributed by atoms with van der Waals surface area (Å²) < 4.78 is 16.0. The highest BCUT2D eigenvalue weighted by atomic mass is 19.1. The summed E-state index contributed by atoms with van der Waals surface area (Å²) in [5.74, 6) is -0.183. The Balaban J connectivity index is 1.75. The average molecular weight is 352 g/mol. The summed E-state index contributed by atoms with van der Waals surface area (Å²) in [5.41, 5.74) is 2.99. The van der Waals surface area contributed by atoms with E-state index in [-0.39, 0.29) is 5.82 Å². The molecule has 0 saturated carbocycles. The Hall–Kier alpha value is -2.43. The number of aliphatic hydroxyl groups is 1. The Labute approximate surface area is 154 Å². The second-order valence-corrected chi connectivity index (χ2v) is 6.72. The lowest BCUT2D eigenvalue weighted by atomic mass is 10.2. The number of rotatable bonds is 8. The molecule has 1 N–H and O–H groups in total. The predicted molar refractivity (Wildman–Crippen MR) is 102 cm³/mol. The minimum Gasteiger partial charge on any atom is -0.392 e. The SMILES string of the molecule is C[C@@H](O)CN(Cc1ccccc1)Cc1cccn1Cc1ccccc1F. The third-order valence-corrected chi connectivity index (χ3v) is 4.38.